The third kappa shape index (κ3) is 3.85. The Kier molecular flexibility index (Phi) is 4.99. The van der Waals surface area contributed by atoms with Gasteiger partial charge in [-0.25, -0.2) is 4.79 Å². The summed E-state index contributed by atoms with van der Waals surface area (Å²) in [4.78, 5) is 24.1. The molecule has 5 nitrogen and oxygen atoms in total. The molecule has 1 aromatic heterocycles. The summed E-state index contributed by atoms with van der Waals surface area (Å²) in [5.41, 5.74) is 2.42. The molecule has 0 atom stereocenters. The average Bonchev–Trinajstić information content (AvgIpc) is 3.26. The van der Waals surface area contributed by atoms with Crippen LogP contribution in [0.3, 0.4) is 0 Å². The predicted molar refractivity (Wildman–Crippen MR) is 91.2 cm³/mol. The number of aromatic nitrogens is 1. The molecule has 1 fully saturated rings. The number of ether oxygens (including phenoxy) is 1. The van der Waals surface area contributed by atoms with Crippen LogP contribution < -0.4 is 5.32 Å². The largest absolute Gasteiger partial charge is 0.452 e. The Balaban J connectivity index is 1.60. The lowest BCUT2D eigenvalue weighted by Gasteiger charge is -2.13. The van der Waals surface area contributed by atoms with E-state index in [9.17, 15) is 9.59 Å². The Labute approximate surface area is 141 Å². The van der Waals surface area contributed by atoms with Gasteiger partial charge in [0.15, 0.2) is 6.61 Å². The van der Waals surface area contributed by atoms with Crippen LogP contribution >= 0.6 is 0 Å². The number of hydrogen-bond acceptors (Lipinski definition) is 3. The van der Waals surface area contributed by atoms with Gasteiger partial charge >= 0.3 is 5.97 Å². The Morgan fingerprint density at radius 1 is 1.21 bits per heavy atom. The fraction of sp³-hybridized carbons (Fsp3) is 0.368. The number of esters is 1. The molecule has 0 spiro atoms. The highest BCUT2D eigenvalue weighted by Gasteiger charge is 2.18. The molecular formula is C19H22N2O3. The van der Waals surface area contributed by atoms with Gasteiger partial charge in [0.1, 0.15) is 0 Å². The maximum atomic E-state index is 12.2. The molecule has 1 aromatic carbocycles. The highest BCUT2D eigenvalue weighted by atomic mass is 16.5. The average molecular weight is 326 g/mol. The van der Waals surface area contributed by atoms with Crippen molar-refractivity contribution in [2.24, 2.45) is 0 Å². The Bertz CT molecular complexity index is 716. The van der Waals surface area contributed by atoms with Crippen molar-refractivity contribution in [3.05, 3.63) is 53.9 Å². The van der Waals surface area contributed by atoms with Crippen LogP contribution in [0.4, 0.5) is 0 Å². The monoisotopic (exact) mass is 326 g/mol. The minimum atomic E-state index is -0.482. The lowest BCUT2D eigenvalue weighted by Crippen LogP contribution is -2.35. The highest BCUT2D eigenvalue weighted by Crippen LogP contribution is 2.18. The molecule has 0 saturated heterocycles. The SMILES string of the molecule is Cc1ccc(C(=O)OCC(=O)NC2CCCC2)cc1-n1cccc1. The van der Waals surface area contributed by atoms with Gasteiger partial charge in [0.05, 0.1) is 5.56 Å². The van der Waals surface area contributed by atoms with E-state index in [4.69, 9.17) is 4.74 Å². The van der Waals surface area contributed by atoms with E-state index in [2.05, 4.69) is 5.32 Å². The molecule has 1 saturated carbocycles. The van der Waals surface area contributed by atoms with Crippen molar-refractivity contribution in [3.63, 3.8) is 0 Å². The molecule has 1 aliphatic carbocycles. The molecular weight excluding hydrogens is 304 g/mol. The number of carbonyl (C=O) groups is 2. The van der Waals surface area contributed by atoms with Gasteiger partial charge in [0.25, 0.3) is 5.91 Å². The molecule has 2 aromatic rings. The smallest absolute Gasteiger partial charge is 0.338 e. The molecule has 0 aliphatic heterocycles. The van der Waals surface area contributed by atoms with E-state index in [1.807, 2.05) is 42.1 Å². The number of amides is 1. The summed E-state index contributed by atoms with van der Waals surface area (Å²) < 4.78 is 7.10. The zero-order valence-electron chi connectivity index (χ0n) is 13.8. The van der Waals surface area contributed by atoms with Crippen molar-refractivity contribution in [2.45, 2.75) is 38.6 Å². The topological polar surface area (TPSA) is 60.3 Å². The number of carbonyl (C=O) groups excluding carboxylic acids is 2. The van der Waals surface area contributed by atoms with Crippen LogP contribution in [0.2, 0.25) is 0 Å². The normalized spacial score (nSPS) is 14.5. The van der Waals surface area contributed by atoms with Crippen molar-refractivity contribution in [1.82, 2.24) is 9.88 Å². The van der Waals surface area contributed by atoms with E-state index in [1.54, 1.807) is 12.1 Å². The molecule has 1 N–H and O–H groups in total. The zero-order valence-corrected chi connectivity index (χ0v) is 13.8. The van der Waals surface area contributed by atoms with Crippen molar-refractivity contribution in [1.29, 1.82) is 0 Å². The van der Waals surface area contributed by atoms with Crippen LogP contribution in [0, 0.1) is 6.92 Å². The first-order valence-corrected chi connectivity index (χ1v) is 8.34. The molecule has 0 bridgehead atoms. The van der Waals surface area contributed by atoms with E-state index in [0.717, 1.165) is 36.9 Å². The minimum Gasteiger partial charge on any atom is -0.452 e. The van der Waals surface area contributed by atoms with Gasteiger partial charge in [-0.15, -0.1) is 0 Å². The van der Waals surface area contributed by atoms with Crippen molar-refractivity contribution in [3.8, 4) is 5.69 Å². The van der Waals surface area contributed by atoms with Crippen molar-refractivity contribution < 1.29 is 14.3 Å². The molecule has 5 heteroatoms. The second-order valence-electron chi connectivity index (χ2n) is 6.22. The van der Waals surface area contributed by atoms with Crippen LogP contribution in [0.25, 0.3) is 5.69 Å². The second-order valence-corrected chi connectivity index (χ2v) is 6.22. The summed E-state index contributed by atoms with van der Waals surface area (Å²) in [5.74, 6) is -0.710. The fourth-order valence-corrected chi connectivity index (χ4v) is 3.06. The quantitative estimate of drug-likeness (QED) is 0.859. The second kappa shape index (κ2) is 7.34. The molecule has 126 valence electrons. The van der Waals surface area contributed by atoms with Gasteiger partial charge in [0, 0.05) is 24.1 Å². The molecule has 0 radical (unpaired) electrons. The third-order valence-corrected chi connectivity index (χ3v) is 4.38. The van der Waals surface area contributed by atoms with Gasteiger partial charge in [-0.1, -0.05) is 18.9 Å². The fourth-order valence-electron chi connectivity index (χ4n) is 3.06. The number of nitrogens with one attached hydrogen (secondary N) is 1. The van der Waals surface area contributed by atoms with Crippen LogP contribution in [-0.4, -0.2) is 29.1 Å². The number of rotatable bonds is 5. The number of benzene rings is 1. The minimum absolute atomic E-state index is 0.229. The Morgan fingerprint density at radius 3 is 2.62 bits per heavy atom. The van der Waals surface area contributed by atoms with E-state index >= 15 is 0 Å². The summed E-state index contributed by atoms with van der Waals surface area (Å²) in [6.07, 6.45) is 8.17. The van der Waals surface area contributed by atoms with Crippen molar-refractivity contribution in [2.75, 3.05) is 6.61 Å². The summed E-state index contributed by atoms with van der Waals surface area (Å²) in [7, 11) is 0. The van der Waals surface area contributed by atoms with Crippen LogP contribution in [0.5, 0.6) is 0 Å². The molecule has 1 aliphatic rings. The molecule has 0 unspecified atom stereocenters. The molecule has 1 heterocycles. The lowest BCUT2D eigenvalue weighted by molar-refractivity contribution is -0.124. The maximum Gasteiger partial charge on any atom is 0.338 e. The molecule has 1 amide bonds. The molecule has 3 rings (SSSR count). The van der Waals surface area contributed by atoms with Gasteiger partial charge in [-0.05, 0) is 49.6 Å². The maximum absolute atomic E-state index is 12.2. The summed E-state index contributed by atoms with van der Waals surface area (Å²) in [6, 6.07) is 9.47. The third-order valence-electron chi connectivity index (χ3n) is 4.38. The number of hydrogen-bond donors (Lipinski definition) is 1. The van der Waals surface area contributed by atoms with E-state index in [1.165, 1.54) is 0 Å². The first-order valence-electron chi connectivity index (χ1n) is 8.34. The van der Waals surface area contributed by atoms with E-state index in [-0.39, 0.29) is 18.6 Å². The van der Waals surface area contributed by atoms with E-state index < -0.39 is 5.97 Å². The van der Waals surface area contributed by atoms with E-state index in [0.29, 0.717) is 5.56 Å². The Morgan fingerprint density at radius 2 is 1.92 bits per heavy atom. The summed E-state index contributed by atoms with van der Waals surface area (Å²) in [6.45, 7) is 1.75. The van der Waals surface area contributed by atoms with Crippen LogP contribution in [0.15, 0.2) is 42.7 Å². The van der Waals surface area contributed by atoms with Gasteiger partial charge in [-0.3, -0.25) is 4.79 Å². The van der Waals surface area contributed by atoms with Crippen LogP contribution in [0.1, 0.15) is 41.6 Å². The van der Waals surface area contributed by atoms with Gasteiger partial charge in [-0.2, -0.15) is 0 Å². The van der Waals surface area contributed by atoms with Crippen molar-refractivity contribution >= 4 is 11.9 Å². The Hall–Kier alpha value is -2.56. The first-order chi connectivity index (χ1) is 11.6. The standard InChI is InChI=1S/C19H22N2O3/c1-14-8-9-15(12-17(14)21-10-4-5-11-21)19(23)24-13-18(22)20-16-6-2-3-7-16/h4-5,8-12,16H,2-3,6-7,13H2,1H3,(H,20,22). The first kappa shape index (κ1) is 16.3. The van der Waals surface area contributed by atoms with Crippen LogP contribution in [-0.2, 0) is 9.53 Å². The predicted octanol–water partition coefficient (Wildman–Crippen LogP) is 3.00. The lowest BCUT2D eigenvalue weighted by atomic mass is 10.1. The summed E-state index contributed by atoms with van der Waals surface area (Å²) >= 11 is 0. The number of aryl methyl sites for hydroxylation is 1. The zero-order chi connectivity index (χ0) is 16.9. The number of nitrogens with zero attached hydrogens (tertiary/aromatic N) is 1. The summed E-state index contributed by atoms with van der Waals surface area (Å²) in [5, 5.41) is 2.91. The molecule has 24 heavy (non-hydrogen) atoms. The van der Waals surface area contributed by atoms with Gasteiger partial charge < -0.3 is 14.6 Å². The van der Waals surface area contributed by atoms with Gasteiger partial charge in [0.2, 0.25) is 0 Å². The highest BCUT2D eigenvalue weighted by molar-refractivity contribution is 5.92.